The molecule has 0 aromatic heterocycles. The molecule has 0 heterocycles. The molecule has 0 saturated heterocycles. The third kappa shape index (κ3) is 6.64. The molecule has 1 aromatic carbocycles. The van der Waals surface area contributed by atoms with Crippen LogP contribution in [-0.2, 0) is 4.79 Å². The van der Waals surface area contributed by atoms with Crippen LogP contribution in [0.25, 0.3) is 0 Å². The molecule has 1 unspecified atom stereocenters. The zero-order valence-electron chi connectivity index (χ0n) is 11.8. The van der Waals surface area contributed by atoms with E-state index in [4.69, 9.17) is 16.7 Å². The molecule has 0 aliphatic rings. The normalized spacial score (nSPS) is 12.2. The summed E-state index contributed by atoms with van der Waals surface area (Å²) in [6.07, 6.45) is 2.83. The second kappa shape index (κ2) is 10.1. The summed E-state index contributed by atoms with van der Waals surface area (Å²) in [5.41, 5.74) is 0. The quantitative estimate of drug-likeness (QED) is 0.687. The van der Waals surface area contributed by atoms with Crippen molar-refractivity contribution < 1.29 is 9.90 Å². The molecular formula is C15H22ClNO2S. The molecule has 0 radical (unpaired) electrons. The van der Waals surface area contributed by atoms with Crippen molar-refractivity contribution in [2.24, 2.45) is 5.92 Å². The number of aliphatic hydroxyl groups is 1. The Morgan fingerprint density at radius 1 is 1.40 bits per heavy atom. The summed E-state index contributed by atoms with van der Waals surface area (Å²) in [5, 5.41) is 12.6. The number of nitrogens with one attached hydrogen (secondary N) is 1. The molecule has 3 nitrogen and oxygen atoms in total. The molecule has 0 spiro atoms. The second-order valence-corrected chi connectivity index (χ2v) is 6.11. The average Bonchev–Trinajstić information content (AvgIpc) is 2.44. The summed E-state index contributed by atoms with van der Waals surface area (Å²) in [6.45, 7) is 2.92. The maximum absolute atomic E-state index is 11.8. The van der Waals surface area contributed by atoms with Gasteiger partial charge in [-0.2, -0.15) is 0 Å². The van der Waals surface area contributed by atoms with Gasteiger partial charge in [-0.15, -0.1) is 11.8 Å². The fourth-order valence-corrected chi connectivity index (χ4v) is 3.02. The van der Waals surface area contributed by atoms with E-state index in [2.05, 4.69) is 12.2 Å². The van der Waals surface area contributed by atoms with E-state index < -0.39 is 0 Å². The van der Waals surface area contributed by atoms with Gasteiger partial charge in [0.05, 0.1) is 10.8 Å². The van der Waals surface area contributed by atoms with Crippen LogP contribution in [0.5, 0.6) is 0 Å². The summed E-state index contributed by atoms with van der Waals surface area (Å²) in [7, 11) is 0. The Hall–Kier alpha value is -0.710. The van der Waals surface area contributed by atoms with Crippen LogP contribution in [0.1, 0.15) is 26.2 Å². The maximum Gasteiger partial charge on any atom is 0.230 e. The van der Waals surface area contributed by atoms with E-state index >= 15 is 0 Å². The zero-order chi connectivity index (χ0) is 14.8. The molecule has 0 bridgehead atoms. The summed E-state index contributed by atoms with van der Waals surface area (Å²) >= 11 is 7.48. The van der Waals surface area contributed by atoms with E-state index in [1.54, 1.807) is 0 Å². The highest BCUT2D eigenvalue weighted by Gasteiger charge is 2.10. The minimum absolute atomic E-state index is 0.00830. The van der Waals surface area contributed by atoms with Crippen molar-refractivity contribution >= 4 is 29.3 Å². The maximum atomic E-state index is 11.8. The number of aliphatic hydroxyl groups excluding tert-OH is 1. The number of benzene rings is 1. The third-order valence-corrected chi connectivity index (χ3v) is 4.53. The molecule has 1 aromatic rings. The largest absolute Gasteiger partial charge is 0.396 e. The standard InChI is InChI=1S/C15H22ClNO2S/c1-2-5-12(8-9-18)10-17-15(19)11-20-14-7-4-3-6-13(14)16/h3-4,6-7,12,18H,2,5,8-11H2,1H3,(H,17,19). The molecule has 1 amide bonds. The molecule has 0 saturated carbocycles. The van der Waals surface area contributed by atoms with E-state index in [1.165, 1.54) is 11.8 Å². The van der Waals surface area contributed by atoms with E-state index in [0.717, 1.165) is 24.2 Å². The molecular weight excluding hydrogens is 294 g/mol. The lowest BCUT2D eigenvalue weighted by molar-refractivity contribution is -0.118. The van der Waals surface area contributed by atoms with Crippen LogP contribution in [0.15, 0.2) is 29.2 Å². The first-order chi connectivity index (χ1) is 9.67. The minimum Gasteiger partial charge on any atom is -0.396 e. The van der Waals surface area contributed by atoms with Crippen molar-refractivity contribution in [2.45, 2.75) is 31.1 Å². The summed E-state index contributed by atoms with van der Waals surface area (Å²) in [4.78, 5) is 12.7. The Kier molecular flexibility index (Phi) is 8.74. The number of carbonyl (C=O) groups is 1. The number of hydrogen-bond acceptors (Lipinski definition) is 3. The third-order valence-electron chi connectivity index (χ3n) is 3.02. The minimum atomic E-state index is 0.00830. The van der Waals surface area contributed by atoms with Gasteiger partial charge >= 0.3 is 0 Å². The molecule has 0 aliphatic heterocycles. The summed E-state index contributed by atoms with van der Waals surface area (Å²) in [6, 6.07) is 7.51. The first-order valence-electron chi connectivity index (χ1n) is 6.92. The van der Waals surface area contributed by atoms with Gasteiger partial charge in [0.2, 0.25) is 5.91 Å². The van der Waals surface area contributed by atoms with Gasteiger partial charge < -0.3 is 10.4 Å². The Bertz CT molecular complexity index is 409. The highest BCUT2D eigenvalue weighted by atomic mass is 35.5. The Labute approximate surface area is 130 Å². The molecule has 1 rings (SSSR count). The van der Waals surface area contributed by atoms with E-state index in [1.807, 2.05) is 24.3 Å². The van der Waals surface area contributed by atoms with Gasteiger partial charge in [0.15, 0.2) is 0 Å². The second-order valence-electron chi connectivity index (χ2n) is 4.69. The van der Waals surface area contributed by atoms with Crippen LogP contribution in [0.4, 0.5) is 0 Å². The van der Waals surface area contributed by atoms with Crippen molar-refractivity contribution in [1.29, 1.82) is 0 Å². The number of hydrogen-bond donors (Lipinski definition) is 2. The van der Waals surface area contributed by atoms with Gasteiger partial charge in [-0.3, -0.25) is 4.79 Å². The topological polar surface area (TPSA) is 49.3 Å². The number of halogens is 1. The lowest BCUT2D eigenvalue weighted by Gasteiger charge is -2.15. The molecule has 112 valence electrons. The highest BCUT2D eigenvalue weighted by Crippen LogP contribution is 2.26. The van der Waals surface area contributed by atoms with Gasteiger partial charge in [-0.05, 0) is 30.9 Å². The molecule has 20 heavy (non-hydrogen) atoms. The molecule has 2 N–H and O–H groups in total. The predicted molar refractivity (Wildman–Crippen MR) is 85.3 cm³/mol. The van der Waals surface area contributed by atoms with Crippen LogP contribution < -0.4 is 5.32 Å². The fourth-order valence-electron chi connectivity index (χ4n) is 1.95. The molecule has 0 fully saturated rings. The van der Waals surface area contributed by atoms with Crippen LogP contribution in [0.3, 0.4) is 0 Å². The van der Waals surface area contributed by atoms with E-state index in [0.29, 0.717) is 23.2 Å². The van der Waals surface area contributed by atoms with Gasteiger partial charge in [0.25, 0.3) is 0 Å². The number of carbonyl (C=O) groups excluding carboxylic acids is 1. The van der Waals surface area contributed by atoms with Crippen LogP contribution in [0, 0.1) is 5.92 Å². The Morgan fingerprint density at radius 3 is 2.80 bits per heavy atom. The number of rotatable bonds is 9. The first-order valence-corrected chi connectivity index (χ1v) is 8.28. The monoisotopic (exact) mass is 315 g/mol. The number of amides is 1. The van der Waals surface area contributed by atoms with Gasteiger partial charge in [-0.1, -0.05) is 37.1 Å². The lowest BCUT2D eigenvalue weighted by Crippen LogP contribution is -2.31. The summed E-state index contributed by atoms with van der Waals surface area (Å²) in [5.74, 6) is 0.732. The molecule has 5 heteroatoms. The SMILES string of the molecule is CCCC(CCO)CNC(=O)CSc1ccccc1Cl. The smallest absolute Gasteiger partial charge is 0.230 e. The fraction of sp³-hybridized carbons (Fsp3) is 0.533. The number of thioether (sulfide) groups is 1. The van der Waals surface area contributed by atoms with Gasteiger partial charge in [-0.25, -0.2) is 0 Å². The van der Waals surface area contributed by atoms with E-state index in [9.17, 15) is 4.79 Å². The van der Waals surface area contributed by atoms with Crippen LogP contribution in [-0.4, -0.2) is 29.9 Å². The van der Waals surface area contributed by atoms with Gasteiger partial charge in [0, 0.05) is 18.0 Å². The van der Waals surface area contributed by atoms with Crippen LogP contribution in [0.2, 0.25) is 5.02 Å². The average molecular weight is 316 g/mol. The Balaban J connectivity index is 2.31. The lowest BCUT2D eigenvalue weighted by atomic mass is 10.0. The highest BCUT2D eigenvalue weighted by molar-refractivity contribution is 8.00. The van der Waals surface area contributed by atoms with Crippen molar-refractivity contribution in [2.75, 3.05) is 18.9 Å². The van der Waals surface area contributed by atoms with Crippen molar-refractivity contribution in [3.63, 3.8) is 0 Å². The Morgan fingerprint density at radius 2 is 2.15 bits per heavy atom. The predicted octanol–water partition coefficient (Wildman–Crippen LogP) is 3.35. The zero-order valence-corrected chi connectivity index (χ0v) is 13.3. The van der Waals surface area contributed by atoms with Crippen molar-refractivity contribution in [3.05, 3.63) is 29.3 Å². The van der Waals surface area contributed by atoms with Crippen molar-refractivity contribution in [3.8, 4) is 0 Å². The first kappa shape index (κ1) is 17.3. The van der Waals surface area contributed by atoms with Gasteiger partial charge in [0.1, 0.15) is 0 Å². The summed E-state index contributed by atoms with van der Waals surface area (Å²) < 4.78 is 0. The van der Waals surface area contributed by atoms with Crippen LogP contribution >= 0.6 is 23.4 Å². The van der Waals surface area contributed by atoms with E-state index in [-0.39, 0.29) is 12.5 Å². The molecule has 1 atom stereocenters. The van der Waals surface area contributed by atoms with Crippen molar-refractivity contribution in [1.82, 2.24) is 5.32 Å². The molecule has 0 aliphatic carbocycles.